The fraction of sp³-hybridized carbons (Fsp3) is 0.0588. The van der Waals surface area contributed by atoms with Crippen molar-refractivity contribution in [3.05, 3.63) is 70.4 Å². The molecule has 1 aliphatic carbocycles. The second-order valence-electron chi connectivity index (χ2n) is 4.74. The highest BCUT2D eigenvalue weighted by atomic mass is 16.4. The minimum absolute atomic E-state index is 0.0595. The predicted octanol–water partition coefficient (Wildman–Crippen LogP) is 0.595. The summed E-state index contributed by atoms with van der Waals surface area (Å²) in [6.07, 6.45) is 4.56. The first kappa shape index (κ1) is 16.1. The second-order valence-corrected chi connectivity index (χ2v) is 4.74. The summed E-state index contributed by atoms with van der Waals surface area (Å²) in [5, 5.41) is 17.5. The van der Waals surface area contributed by atoms with Crippen LogP contribution in [0.15, 0.2) is 64.8 Å². The molecule has 116 valence electrons. The van der Waals surface area contributed by atoms with Crippen LogP contribution in [0.3, 0.4) is 0 Å². The fourth-order valence-electron chi connectivity index (χ4n) is 2.13. The van der Waals surface area contributed by atoms with Gasteiger partial charge in [0.1, 0.15) is 0 Å². The minimum Gasteiger partial charge on any atom is -0.478 e. The van der Waals surface area contributed by atoms with Crippen LogP contribution < -0.4 is 10.6 Å². The number of carbonyl (C=O) groups excluding carboxylic acids is 1. The first-order valence-corrected chi connectivity index (χ1v) is 6.66. The SMILES string of the molecule is CC1=C2N=c3ccccc3=C2C(=O)C=C1.O=C(O)/C=C\C(=O)O. The third-order valence-corrected chi connectivity index (χ3v) is 3.12. The van der Waals surface area contributed by atoms with Crippen LogP contribution in [0.1, 0.15) is 6.92 Å². The van der Waals surface area contributed by atoms with Gasteiger partial charge in [0.2, 0.25) is 0 Å². The standard InChI is InChI=1S/C13H9NO.C4H4O4/c1-8-6-7-11(15)12-9-4-2-3-5-10(9)14-13(8)12;5-3(6)1-2-4(7)8/h2-7H,1H3;1-2H,(H,5,6)(H,7,8)/b;2-1-. The van der Waals surface area contributed by atoms with E-state index >= 15 is 0 Å². The Morgan fingerprint density at radius 1 is 1.04 bits per heavy atom. The van der Waals surface area contributed by atoms with E-state index in [9.17, 15) is 14.4 Å². The average Bonchev–Trinajstić information content (AvgIpc) is 2.90. The maximum atomic E-state index is 11.8. The number of nitrogens with zero attached hydrogens (tertiary/aromatic N) is 1. The van der Waals surface area contributed by atoms with Gasteiger partial charge < -0.3 is 10.2 Å². The number of hydrogen-bond acceptors (Lipinski definition) is 4. The lowest BCUT2D eigenvalue weighted by Gasteiger charge is -2.07. The van der Waals surface area contributed by atoms with Gasteiger partial charge in [-0.05, 0) is 24.6 Å². The highest BCUT2D eigenvalue weighted by molar-refractivity contribution is 6.27. The van der Waals surface area contributed by atoms with Gasteiger partial charge in [0.15, 0.2) is 5.78 Å². The summed E-state index contributed by atoms with van der Waals surface area (Å²) in [6, 6.07) is 7.76. The van der Waals surface area contributed by atoms with Crippen LogP contribution in [-0.2, 0) is 14.4 Å². The molecule has 1 heterocycles. The predicted molar refractivity (Wildman–Crippen MR) is 81.9 cm³/mol. The number of para-hydroxylation sites is 1. The molecule has 1 aliphatic heterocycles. The molecule has 0 saturated carbocycles. The second kappa shape index (κ2) is 6.65. The van der Waals surface area contributed by atoms with Crippen LogP contribution >= 0.6 is 0 Å². The first-order valence-electron chi connectivity index (χ1n) is 6.66. The molecule has 0 atom stereocenters. The molecule has 6 heteroatoms. The smallest absolute Gasteiger partial charge is 0.328 e. The summed E-state index contributed by atoms with van der Waals surface area (Å²) < 4.78 is 0. The van der Waals surface area contributed by atoms with Crippen molar-refractivity contribution in [3.8, 4) is 0 Å². The molecule has 0 bridgehead atoms. The number of ketones is 1. The van der Waals surface area contributed by atoms with Crippen molar-refractivity contribution in [2.45, 2.75) is 6.92 Å². The summed E-state index contributed by atoms with van der Waals surface area (Å²) in [5.41, 5.74) is 2.65. The maximum Gasteiger partial charge on any atom is 0.328 e. The van der Waals surface area contributed by atoms with E-state index in [4.69, 9.17) is 10.2 Å². The number of carboxylic acid groups (broad SMARTS) is 2. The van der Waals surface area contributed by atoms with Crippen LogP contribution in [-0.4, -0.2) is 27.9 Å². The zero-order valence-corrected chi connectivity index (χ0v) is 12.2. The fourth-order valence-corrected chi connectivity index (χ4v) is 2.13. The minimum atomic E-state index is -1.26. The number of aliphatic carboxylic acids is 2. The Hall–Kier alpha value is -3.28. The largest absolute Gasteiger partial charge is 0.478 e. The topological polar surface area (TPSA) is 104 Å². The summed E-state index contributed by atoms with van der Waals surface area (Å²) in [4.78, 5) is 35.3. The third-order valence-electron chi connectivity index (χ3n) is 3.12. The molecule has 0 amide bonds. The van der Waals surface area contributed by atoms with E-state index in [1.165, 1.54) is 0 Å². The highest BCUT2D eigenvalue weighted by Gasteiger charge is 2.22. The van der Waals surface area contributed by atoms with Gasteiger partial charge in [-0.1, -0.05) is 24.3 Å². The van der Waals surface area contributed by atoms with Crippen LogP contribution in [0.5, 0.6) is 0 Å². The zero-order chi connectivity index (χ0) is 17.0. The normalized spacial score (nSPS) is 14.8. The molecule has 1 aromatic rings. The molecule has 23 heavy (non-hydrogen) atoms. The van der Waals surface area contributed by atoms with Crippen LogP contribution in [0.25, 0.3) is 5.57 Å². The van der Waals surface area contributed by atoms with Crippen LogP contribution in [0.4, 0.5) is 0 Å². The first-order chi connectivity index (χ1) is 10.9. The number of allylic oxidation sites excluding steroid dienone is 4. The van der Waals surface area contributed by atoms with Crippen molar-refractivity contribution in [3.63, 3.8) is 0 Å². The molecule has 0 radical (unpaired) electrons. The lowest BCUT2D eigenvalue weighted by atomic mass is 9.97. The monoisotopic (exact) mass is 311 g/mol. The molecule has 0 unspecified atom stereocenters. The van der Waals surface area contributed by atoms with Gasteiger partial charge in [-0.3, -0.25) is 4.79 Å². The average molecular weight is 311 g/mol. The molecule has 6 nitrogen and oxygen atoms in total. The van der Waals surface area contributed by atoms with Crippen molar-refractivity contribution in [1.29, 1.82) is 0 Å². The molecule has 0 spiro atoms. The Kier molecular flexibility index (Phi) is 4.66. The molecule has 2 N–H and O–H groups in total. The Morgan fingerprint density at radius 2 is 1.65 bits per heavy atom. The van der Waals surface area contributed by atoms with Gasteiger partial charge in [-0.15, -0.1) is 0 Å². The molecule has 0 fully saturated rings. The molecule has 2 aliphatic rings. The van der Waals surface area contributed by atoms with Gasteiger partial charge in [0, 0.05) is 17.4 Å². The Labute approximate surface area is 131 Å². The van der Waals surface area contributed by atoms with E-state index in [0.29, 0.717) is 12.2 Å². The zero-order valence-electron chi connectivity index (χ0n) is 12.2. The van der Waals surface area contributed by atoms with Gasteiger partial charge in [0.05, 0.1) is 16.6 Å². The lowest BCUT2D eigenvalue weighted by molar-refractivity contribution is -0.134. The van der Waals surface area contributed by atoms with E-state index in [-0.39, 0.29) is 5.78 Å². The highest BCUT2D eigenvalue weighted by Crippen LogP contribution is 2.24. The van der Waals surface area contributed by atoms with E-state index in [0.717, 1.165) is 27.4 Å². The van der Waals surface area contributed by atoms with E-state index in [2.05, 4.69) is 4.99 Å². The third kappa shape index (κ3) is 3.68. The van der Waals surface area contributed by atoms with Crippen molar-refractivity contribution in [2.75, 3.05) is 0 Å². The van der Waals surface area contributed by atoms with Crippen molar-refractivity contribution in [2.24, 2.45) is 4.99 Å². The van der Waals surface area contributed by atoms with Gasteiger partial charge >= 0.3 is 11.9 Å². The van der Waals surface area contributed by atoms with Crippen molar-refractivity contribution in [1.82, 2.24) is 0 Å². The van der Waals surface area contributed by atoms with Crippen LogP contribution in [0.2, 0.25) is 0 Å². The number of rotatable bonds is 2. The molecular formula is C17H13NO5. The van der Waals surface area contributed by atoms with Gasteiger partial charge in [0.25, 0.3) is 0 Å². The Balaban J connectivity index is 0.000000207. The van der Waals surface area contributed by atoms with E-state index in [1.807, 2.05) is 37.3 Å². The summed E-state index contributed by atoms with van der Waals surface area (Å²) in [7, 11) is 0. The maximum absolute atomic E-state index is 11.8. The molecule has 3 rings (SSSR count). The number of fused-ring (bicyclic) bond motifs is 2. The molecule has 0 aromatic heterocycles. The Morgan fingerprint density at radius 3 is 2.26 bits per heavy atom. The summed E-state index contributed by atoms with van der Waals surface area (Å²) in [5.74, 6) is -2.45. The Bertz CT molecular complexity index is 887. The molecule has 1 aromatic carbocycles. The quantitative estimate of drug-likeness (QED) is 0.778. The van der Waals surface area contributed by atoms with E-state index < -0.39 is 11.9 Å². The van der Waals surface area contributed by atoms with Crippen molar-refractivity contribution < 1.29 is 24.6 Å². The van der Waals surface area contributed by atoms with E-state index in [1.54, 1.807) is 6.08 Å². The van der Waals surface area contributed by atoms with Gasteiger partial charge in [-0.2, -0.15) is 0 Å². The summed E-state index contributed by atoms with van der Waals surface area (Å²) in [6.45, 7) is 1.98. The van der Waals surface area contributed by atoms with Crippen LogP contribution in [0, 0.1) is 0 Å². The lowest BCUT2D eigenvalue weighted by Crippen LogP contribution is -2.24. The number of hydrogen-bond donors (Lipinski definition) is 2. The number of carbonyl (C=O) groups is 3. The summed E-state index contributed by atoms with van der Waals surface area (Å²) >= 11 is 0. The van der Waals surface area contributed by atoms with Crippen molar-refractivity contribution >= 4 is 23.3 Å². The number of carboxylic acids is 2. The number of benzene rings is 1. The van der Waals surface area contributed by atoms with Gasteiger partial charge in [-0.25, -0.2) is 14.6 Å². The molecular weight excluding hydrogens is 298 g/mol. The molecule has 0 saturated heterocycles.